The van der Waals surface area contributed by atoms with Gasteiger partial charge in [-0.05, 0) is 54.8 Å². The second kappa shape index (κ2) is 7.57. The molecule has 0 aromatic heterocycles. The lowest BCUT2D eigenvalue weighted by Crippen LogP contribution is -2.40. The number of ether oxygens (including phenoxy) is 1. The molecule has 3 rings (SSSR count). The van der Waals surface area contributed by atoms with Crippen LogP contribution in [-0.4, -0.2) is 23.4 Å². The van der Waals surface area contributed by atoms with Gasteiger partial charge in [0.1, 0.15) is 17.9 Å². The zero-order valence-electron chi connectivity index (χ0n) is 15.9. The van der Waals surface area contributed by atoms with Gasteiger partial charge < -0.3 is 10.1 Å². The van der Waals surface area contributed by atoms with Crippen LogP contribution in [0, 0.1) is 11.3 Å². The van der Waals surface area contributed by atoms with Crippen LogP contribution < -0.4 is 10.1 Å². The summed E-state index contributed by atoms with van der Waals surface area (Å²) in [7, 11) is 0. The zero-order chi connectivity index (χ0) is 20.3. The first-order valence-electron chi connectivity index (χ1n) is 8.84. The molecular weight excluding hydrogens is 354 g/mol. The first-order valence-corrected chi connectivity index (χ1v) is 8.84. The number of nitrogens with zero attached hydrogens (tertiary/aromatic N) is 2. The number of nitriles is 1. The van der Waals surface area contributed by atoms with Crippen molar-refractivity contribution in [2.75, 3.05) is 6.61 Å². The number of urea groups is 1. The minimum atomic E-state index is -1.16. The summed E-state index contributed by atoms with van der Waals surface area (Å²) in [6.07, 6.45) is 0. The molecule has 2 aromatic carbocycles. The van der Waals surface area contributed by atoms with E-state index in [1.165, 1.54) is 4.90 Å². The molecule has 3 amide bonds. The van der Waals surface area contributed by atoms with E-state index in [0.29, 0.717) is 23.5 Å². The Labute approximate surface area is 164 Å². The minimum Gasteiger partial charge on any atom is -0.489 e. The maximum atomic E-state index is 13.0. The molecule has 0 radical (unpaired) electrons. The highest BCUT2D eigenvalue weighted by Crippen LogP contribution is 2.31. The van der Waals surface area contributed by atoms with Crippen molar-refractivity contribution in [3.8, 4) is 11.8 Å². The highest BCUT2D eigenvalue weighted by atomic mass is 16.5. The van der Waals surface area contributed by atoms with Crippen LogP contribution in [0.1, 0.15) is 30.5 Å². The van der Waals surface area contributed by atoms with Crippen LogP contribution in [0.3, 0.4) is 0 Å². The molecule has 142 valence electrons. The normalized spacial score (nSPS) is 18.5. The topological polar surface area (TPSA) is 82.4 Å². The fraction of sp³-hybridized carbons (Fsp3) is 0.227. The number of imide groups is 1. The lowest BCUT2D eigenvalue weighted by Gasteiger charge is -2.22. The standard InChI is InChI=1S/C22H21N3O3/c1-15(2)14-28-19-9-7-18(8-10-19)22(3)20(26)25(21(27)24-22)13-17-6-4-5-16(11-17)12-23/h4-11H,1,13-14H2,2-3H3,(H,24,27). The molecule has 0 saturated carbocycles. The van der Waals surface area contributed by atoms with Gasteiger partial charge in [0.25, 0.3) is 5.91 Å². The number of hydrogen-bond acceptors (Lipinski definition) is 4. The average Bonchev–Trinajstić information content (AvgIpc) is 2.91. The zero-order valence-corrected chi connectivity index (χ0v) is 15.9. The number of benzene rings is 2. The lowest BCUT2D eigenvalue weighted by atomic mass is 9.92. The van der Waals surface area contributed by atoms with Gasteiger partial charge in [0, 0.05) is 0 Å². The van der Waals surface area contributed by atoms with E-state index >= 15 is 0 Å². The van der Waals surface area contributed by atoms with Crippen LogP contribution >= 0.6 is 0 Å². The smallest absolute Gasteiger partial charge is 0.325 e. The maximum absolute atomic E-state index is 13.0. The number of rotatable bonds is 6. The maximum Gasteiger partial charge on any atom is 0.325 e. The van der Waals surface area contributed by atoms with Crippen molar-refractivity contribution in [3.05, 3.63) is 77.4 Å². The van der Waals surface area contributed by atoms with Crippen LogP contribution in [0.5, 0.6) is 5.75 Å². The predicted octanol–water partition coefficient (Wildman–Crippen LogP) is 3.48. The van der Waals surface area contributed by atoms with Crippen LogP contribution in [0.4, 0.5) is 4.79 Å². The molecule has 2 aromatic rings. The van der Waals surface area contributed by atoms with Crippen molar-refractivity contribution < 1.29 is 14.3 Å². The van der Waals surface area contributed by atoms with Crippen LogP contribution in [0.25, 0.3) is 0 Å². The summed E-state index contributed by atoms with van der Waals surface area (Å²) in [5, 5.41) is 11.8. The van der Waals surface area contributed by atoms with Gasteiger partial charge in [0.2, 0.25) is 0 Å². The summed E-state index contributed by atoms with van der Waals surface area (Å²) >= 11 is 0. The number of nitrogens with one attached hydrogen (secondary N) is 1. The molecule has 0 bridgehead atoms. The molecule has 1 fully saturated rings. The summed E-state index contributed by atoms with van der Waals surface area (Å²) in [4.78, 5) is 26.7. The van der Waals surface area contributed by atoms with Gasteiger partial charge in [0.05, 0.1) is 18.2 Å². The van der Waals surface area contributed by atoms with E-state index in [4.69, 9.17) is 10.00 Å². The molecule has 6 nitrogen and oxygen atoms in total. The monoisotopic (exact) mass is 375 g/mol. The summed E-state index contributed by atoms with van der Waals surface area (Å²) in [6, 6.07) is 15.5. The van der Waals surface area contributed by atoms with Crippen molar-refractivity contribution in [2.24, 2.45) is 0 Å². The number of hydrogen-bond donors (Lipinski definition) is 1. The Morgan fingerprint density at radius 3 is 2.61 bits per heavy atom. The van der Waals surface area contributed by atoms with Gasteiger partial charge in [-0.2, -0.15) is 5.26 Å². The van der Waals surface area contributed by atoms with Gasteiger partial charge in [-0.25, -0.2) is 4.79 Å². The van der Waals surface area contributed by atoms with E-state index in [0.717, 1.165) is 11.1 Å². The quantitative estimate of drug-likeness (QED) is 0.619. The molecule has 0 spiro atoms. The van der Waals surface area contributed by atoms with Gasteiger partial charge in [-0.1, -0.05) is 30.8 Å². The Morgan fingerprint density at radius 1 is 1.25 bits per heavy atom. The van der Waals surface area contributed by atoms with Gasteiger partial charge >= 0.3 is 6.03 Å². The van der Waals surface area contributed by atoms with Crippen molar-refractivity contribution in [3.63, 3.8) is 0 Å². The van der Waals surface area contributed by atoms with E-state index in [1.54, 1.807) is 55.5 Å². The predicted molar refractivity (Wildman–Crippen MR) is 104 cm³/mol. The molecule has 1 atom stereocenters. The van der Waals surface area contributed by atoms with E-state index in [2.05, 4.69) is 18.0 Å². The summed E-state index contributed by atoms with van der Waals surface area (Å²) in [5.74, 6) is 0.327. The molecule has 1 unspecified atom stereocenters. The Morgan fingerprint density at radius 2 is 1.96 bits per heavy atom. The van der Waals surface area contributed by atoms with E-state index in [9.17, 15) is 9.59 Å². The van der Waals surface area contributed by atoms with Crippen LogP contribution in [0.15, 0.2) is 60.7 Å². The van der Waals surface area contributed by atoms with E-state index in [-0.39, 0.29) is 12.5 Å². The number of carbonyl (C=O) groups excluding carboxylic acids is 2. The van der Waals surface area contributed by atoms with E-state index < -0.39 is 11.6 Å². The van der Waals surface area contributed by atoms with E-state index in [1.807, 2.05) is 6.92 Å². The molecule has 0 aliphatic carbocycles. The molecule has 1 N–H and O–H groups in total. The third-order valence-corrected chi connectivity index (χ3v) is 4.59. The third-order valence-electron chi connectivity index (χ3n) is 4.59. The van der Waals surface area contributed by atoms with Crippen LogP contribution in [-0.2, 0) is 16.9 Å². The molecule has 1 aliphatic heterocycles. The van der Waals surface area contributed by atoms with Gasteiger partial charge in [-0.15, -0.1) is 0 Å². The average molecular weight is 375 g/mol. The lowest BCUT2D eigenvalue weighted by molar-refractivity contribution is -0.131. The number of carbonyl (C=O) groups is 2. The van der Waals surface area contributed by atoms with Crippen LogP contribution in [0.2, 0.25) is 0 Å². The Balaban J connectivity index is 1.79. The SMILES string of the molecule is C=C(C)COc1ccc(C2(C)NC(=O)N(Cc3cccc(C#N)c3)C2=O)cc1. The Kier molecular flexibility index (Phi) is 5.18. The molecule has 6 heteroatoms. The van der Waals surface area contributed by atoms with Crippen molar-refractivity contribution in [1.29, 1.82) is 5.26 Å². The van der Waals surface area contributed by atoms with Crippen molar-refractivity contribution >= 4 is 11.9 Å². The second-order valence-corrected chi connectivity index (χ2v) is 7.03. The highest BCUT2D eigenvalue weighted by Gasteiger charge is 2.48. The highest BCUT2D eigenvalue weighted by molar-refractivity contribution is 6.07. The number of amides is 3. The second-order valence-electron chi connectivity index (χ2n) is 7.03. The Bertz CT molecular complexity index is 975. The molecule has 1 saturated heterocycles. The van der Waals surface area contributed by atoms with Crippen molar-refractivity contribution in [1.82, 2.24) is 10.2 Å². The first kappa shape index (κ1) is 19.2. The molecule has 28 heavy (non-hydrogen) atoms. The summed E-state index contributed by atoms with van der Waals surface area (Å²) < 4.78 is 5.58. The third kappa shape index (κ3) is 3.74. The van der Waals surface area contributed by atoms with Gasteiger partial charge in [0.15, 0.2) is 0 Å². The first-order chi connectivity index (χ1) is 13.3. The summed E-state index contributed by atoms with van der Waals surface area (Å²) in [6.45, 7) is 7.88. The van der Waals surface area contributed by atoms with Crippen molar-refractivity contribution in [2.45, 2.75) is 25.9 Å². The minimum absolute atomic E-state index is 0.107. The molecular formula is C22H21N3O3. The van der Waals surface area contributed by atoms with Gasteiger partial charge in [-0.3, -0.25) is 9.69 Å². The largest absolute Gasteiger partial charge is 0.489 e. The fourth-order valence-corrected chi connectivity index (χ4v) is 3.05. The molecule has 1 aliphatic rings. The fourth-order valence-electron chi connectivity index (χ4n) is 3.05. The Hall–Kier alpha value is -3.59. The summed E-state index contributed by atoms with van der Waals surface area (Å²) in [5.41, 5.74) is 1.62. The molecule has 1 heterocycles.